The van der Waals surface area contributed by atoms with Crippen molar-refractivity contribution in [3.8, 4) is 0 Å². The third-order valence-corrected chi connectivity index (χ3v) is 3.24. The van der Waals surface area contributed by atoms with E-state index in [0.717, 1.165) is 22.1 Å². The Bertz CT molecular complexity index is 470. The number of pyridine rings is 1. The van der Waals surface area contributed by atoms with Gasteiger partial charge in [0.1, 0.15) is 10.7 Å². The normalized spacial score (nSPS) is 11.1. The van der Waals surface area contributed by atoms with Crippen LogP contribution in [-0.4, -0.2) is 34.0 Å². The van der Waals surface area contributed by atoms with E-state index < -0.39 is 0 Å². The molecule has 0 unspecified atom stereocenters. The molecule has 0 aliphatic carbocycles. The fraction of sp³-hybridized carbons (Fsp3) is 0.364. The molecule has 2 aromatic rings. The quantitative estimate of drug-likeness (QED) is 0.634. The third kappa shape index (κ3) is 2.21. The summed E-state index contributed by atoms with van der Waals surface area (Å²) in [7, 11) is 1.68. The number of aliphatic hydroxyl groups excluding tert-OH is 1. The number of methoxy groups -OCH3 is 1. The van der Waals surface area contributed by atoms with Gasteiger partial charge in [0, 0.05) is 19.1 Å². The van der Waals surface area contributed by atoms with Gasteiger partial charge in [-0.2, -0.15) is 0 Å². The maximum Gasteiger partial charge on any atom is 0.138 e. The summed E-state index contributed by atoms with van der Waals surface area (Å²) in [5.74, 6) is 0.841. The lowest BCUT2D eigenvalue weighted by molar-refractivity contribution is 0.218. The van der Waals surface area contributed by atoms with E-state index in [9.17, 15) is 5.11 Å². The van der Waals surface area contributed by atoms with Gasteiger partial charge in [-0.1, -0.05) is 6.07 Å². The van der Waals surface area contributed by atoms with Crippen molar-refractivity contribution in [3.05, 3.63) is 30.1 Å². The number of rotatable bonds is 5. The molecular formula is C11H14N2O2S. The molecule has 1 N–H and O–H groups in total. The lowest BCUT2D eigenvalue weighted by atomic mass is 10.4. The number of aromatic nitrogens is 2. The zero-order chi connectivity index (χ0) is 11.4. The van der Waals surface area contributed by atoms with Crippen LogP contribution >= 0.6 is 11.8 Å². The van der Waals surface area contributed by atoms with Crippen molar-refractivity contribution < 1.29 is 9.84 Å². The van der Waals surface area contributed by atoms with Gasteiger partial charge in [0.15, 0.2) is 0 Å². The van der Waals surface area contributed by atoms with Gasteiger partial charge >= 0.3 is 0 Å². The van der Waals surface area contributed by atoms with Gasteiger partial charge in [-0.05, 0) is 12.1 Å². The summed E-state index contributed by atoms with van der Waals surface area (Å²) in [4.78, 5) is 4.47. The Kier molecular flexibility index (Phi) is 3.82. The standard InChI is InChI=1S/C11H14N2O2S/c1-15-6-7-16-11-9(8-14)13-5-3-2-4-10(13)12-11/h2-5,14H,6-8H2,1H3. The number of nitrogens with zero attached hydrogens (tertiary/aromatic N) is 2. The second kappa shape index (κ2) is 5.34. The zero-order valence-corrected chi connectivity index (χ0v) is 9.91. The van der Waals surface area contributed by atoms with Crippen molar-refractivity contribution in [3.63, 3.8) is 0 Å². The molecule has 4 nitrogen and oxygen atoms in total. The number of hydrogen-bond donors (Lipinski definition) is 1. The van der Waals surface area contributed by atoms with E-state index in [4.69, 9.17) is 4.74 Å². The summed E-state index contributed by atoms with van der Waals surface area (Å²) in [5, 5.41) is 10.2. The highest BCUT2D eigenvalue weighted by molar-refractivity contribution is 7.99. The van der Waals surface area contributed by atoms with Gasteiger partial charge in [0.2, 0.25) is 0 Å². The van der Waals surface area contributed by atoms with Crippen LogP contribution in [0.5, 0.6) is 0 Å². The number of thioether (sulfide) groups is 1. The minimum atomic E-state index is 0.000492. The minimum Gasteiger partial charge on any atom is -0.390 e. The van der Waals surface area contributed by atoms with Crippen LogP contribution in [-0.2, 0) is 11.3 Å². The molecule has 2 aromatic heterocycles. The Hall–Kier alpha value is -1.04. The smallest absolute Gasteiger partial charge is 0.138 e. The zero-order valence-electron chi connectivity index (χ0n) is 9.09. The van der Waals surface area contributed by atoms with E-state index in [2.05, 4.69) is 4.98 Å². The summed E-state index contributed by atoms with van der Waals surface area (Å²) in [5.41, 5.74) is 1.71. The number of imidazole rings is 1. The predicted octanol–water partition coefficient (Wildman–Crippen LogP) is 1.57. The maximum atomic E-state index is 9.36. The van der Waals surface area contributed by atoms with Crippen molar-refractivity contribution in [2.75, 3.05) is 19.5 Å². The van der Waals surface area contributed by atoms with Gasteiger partial charge in [-0.25, -0.2) is 4.98 Å². The Morgan fingerprint density at radius 3 is 3.12 bits per heavy atom. The van der Waals surface area contributed by atoms with Crippen LogP contribution in [0.4, 0.5) is 0 Å². The van der Waals surface area contributed by atoms with E-state index in [-0.39, 0.29) is 6.61 Å². The first kappa shape index (κ1) is 11.4. The third-order valence-electron chi connectivity index (χ3n) is 2.27. The monoisotopic (exact) mass is 238 g/mol. The number of ether oxygens (including phenoxy) is 1. The van der Waals surface area contributed by atoms with Crippen molar-refractivity contribution in [2.24, 2.45) is 0 Å². The first-order valence-electron chi connectivity index (χ1n) is 5.05. The minimum absolute atomic E-state index is 0.000492. The fourth-order valence-electron chi connectivity index (χ4n) is 1.51. The van der Waals surface area contributed by atoms with Crippen LogP contribution < -0.4 is 0 Å². The predicted molar refractivity (Wildman–Crippen MR) is 63.7 cm³/mol. The lowest BCUT2D eigenvalue weighted by Crippen LogP contribution is -1.95. The van der Waals surface area contributed by atoms with E-state index in [1.165, 1.54) is 0 Å². The van der Waals surface area contributed by atoms with Crippen LogP contribution in [0.1, 0.15) is 5.69 Å². The van der Waals surface area contributed by atoms with Crippen LogP contribution in [0.3, 0.4) is 0 Å². The Labute approximate surface area is 98.3 Å². The van der Waals surface area contributed by atoms with Gasteiger partial charge in [-0.3, -0.25) is 0 Å². The molecule has 0 bridgehead atoms. The van der Waals surface area contributed by atoms with Gasteiger partial charge in [0.05, 0.1) is 18.9 Å². The summed E-state index contributed by atoms with van der Waals surface area (Å²) in [6.07, 6.45) is 1.91. The maximum absolute atomic E-state index is 9.36. The average Bonchev–Trinajstić information content (AvgIpc) is 2.67. The van der Waals surface area contributed by atoms with Crippen LogP contribution in [0, 0.1) is 0 Å². The van der Waals surface area contributed by atoms with E-state index in [1.807, 2.05) is 28.8 Å². The Balaban J connectivity index is 2.29. The summed E-state index contributed by atoms with van der Waals surface area (Å²) < 4.78 is 6.91. The molecule has 0 saturated heterocycles. The van der Waals surface area contributed by atoms with Crippen LogP contribution in [0.2, 0.25) is 0 Å². The summed E-state index contributed by atoms with van der Waals surface area (Å²) in [6.45, 7) is 0.684. The highest BCUT2D eigenvalue weighted by atomic mass is 32.2. The average molecular weight is 238 g/mol. The molecule has 0 atom stereocenters. The summed E-state index contributed by atoms with van der Waals surface area (Å²) in [6, 6.07) is 5.80. The molecule has 2 heterocycles. The van der Waals surface area contributed by atoms with E-state index >= 15 is 0 Å². The molecule has 5 heteroatoms. The second-order valence-corrected chi connectivity index (χ2v) is 4.38. The SMILES string of the molecule is COCCSc1nc2ccccn2c1CO. The molecular weight excluding hydrogens is 224 g/mol. The molecule has 0 radical (unpaired) electrons. The highest BCUT2D eigenvalue weighted by Crippen LogP contribution is 2.23. The van der Waals surface area contributed by atoms with Crippen molar-refractivity contribution in [2.45, 2.75) is 11.6 Å². The van der Waals surface area contributed by atoms with Gasteiger partial charge in [-0.15, -0.1) is 11.8 Å². The first-order valence-corrected chi connectivity index (χ1v) is 6.04. The molecule has 0 amide bonds. The second-order valence-electron chi connectivity index (χ2n) is 3.29. The Morgan fingerprint density at radius 2 is 2.38 bits per heavy atom. The molecule has 0 aromatic carbocycles. The lowest BCUT2D eigenvalue weighted by Gasteiger charge is -2.00. The largest absolute Gasteiger partial charge is 0.390 e. The molecule has 0 fully saturated rings. The first-order chi connectivity index (χ1) is 7.86. The van der Waals surface area contributed by atoms with E-state index in [0.29, 0.717) is 6.61 Å². The van der Waals surface area contributed by atoms with Gasteiger partial charge < -0.3 is 14.2 Å². The molecule has 0 aliphatic rings. The molecule has 0 spiro atoms. The molecule has 2 rings (SSSR count). The molecule has 86 valence electrons. The van der Waals surface area contributed by atoms with Crippen molar-refractivity contribution in [1.29, 1.82) is 0 Å². The van der Waals surface area contributed by atoms with Gasteiger partial charge in [0.25, 0.3) is 0 Å². The topological polar surface area (TPSA) is 46.8 Å². The number of fused-ring (bicyclic) bond motifs is 1. The molecule has 16 heavy (non-hydrogen) atoms. The molecule has 0 aliphatic heterocycles. The van der Waals surface area contributed by atoms with Crippen LogP contribution in [0.25, 0.3) is 5.65 Å². The van der Waals surface area contributed by atoms with Crippen LogP contribution in [0.15, 0.2) is 29.4 Å². The van der Waals surface area contributed by atoms with Crippen molar-refractivity contribution >= 4 is 17.4 Å². The van der Waals surface area contributed by atoms with Crippen molar-refractivity contribution in [1.82, 2.24) is 9.38 Å². The summed E-state index contributed by atoms with van der Waals surface area (Å²) >= 11 is 1.60. The highest BCUT2D eigenvalue weighted by Gasteiger charge is 2.10. The Morgan fingerprint density at radius 1 is 1.50 bits per heavy atom. The van der Waals surface area contributed by atoms with E-state index in [1.54, 1.807) is 18.9 Å². The molecule has 0 saturated carbocycles. The number of aliphatic hydroxyl groups is 1. The fourth-order valence-corrected chi connectivity index (χ4v) is 2.44. The number of hydrogen-bond acceptors (Lipinski definition) is 4.